The lowest BCUT2D eigenvalue weighted by atomic mass is 9.91. The minimum Gasteiger partial charge on any atom is -0.384 e. The molecule has 2 fully saturated rings. The molecule has 51 heavy (non-hydrogen) atoms. The van der Waals surface area contributed by atoms with Gasteiger partial charge in [0.2, 0.25) is 10.0 Å². The van der Waals surface area contributed by atoms with Gasteiger partial charge in [-0.25, -0.2) is 21.9 Å². The van der Waals surface area contributed by atoms with Crippen LogP contribution in [-0.2, 0) is 21.2 Å². The zero-order chi connectivity index (χ0) is 36.6. The fraction of sp³-hybridized carbons (Fsp3) is 0.257. The van der Waals surface area contributed by atoms with Crippen molar-refractivity contribution in [3.8, 4) is 28.3 Å². The molecule has 0 spiro atoms. The van der Waals surface area contributed by atoms with E-state index in [9.17, 15) is 43.1 Å². The van der Waals surface area contributed by atoms with Crippen LogP contribution in [0, 0.1) is 43.2 Å². The molecule has 4 aromatic carbocycles. The van der Waals surface area contributed by atoms with Crippen LogP contribution >= 0.6 is 0 Å². The largest absolute Gasteiger partial charge is 0.384 e. The van der Waals surface area contributed by atoms with Crippen molar-refractivity contribution in [2.24, 2.45) is 0 Å². The maximum atomic E-state index is 15.5. The first-order valence-electron chi connectivity index (χ1n) is 15.7. The maximum absolute atomic E-state index is 15.5. The highest BCUT2D eigenvalue weighted by molar-refractivity contribution is 7.89. The van der Waals surface area contributed by atoms with Crippen molar-refractivity contribution in [2.75, 3.05) is 13.7 Å². The van der Waals surface area contributed by atoms with Crippen LogP contribution in [0.2, 0.25) is 0 Å². The van der Waals surface area contributed by atoms with Gasteiger partial charge < -0.3 is 9.64 Å². The lowest BCUT2D eigenvalue weighted by Crippen LogP contribution is -2.45. The van der Waals surface area contributed by atoms with E-state index in [0.717, 1.165) is 18.2 Å². The number of nitro groups is 2. The van der Waals surface area contributed by atoms with Crippen LogP contribution in [0.3, 0.4) is 0 Å². The van der Waals surface area contributed by atoms with Gasteiger partial charge in [-0.05, 0) is 84.3 Å². The summed E-state index contributed by atoms with van der Waals surface area (Å²) in [7, 11) is -3.01. The van der Waals surface area contributed by atoms with Gasteiger partial charge in [-0.2, -0.15) is 5.26 Å². The molecule has 6 rings (SSSR count). The van der Waals surface area contributed by atoms with Gasteiger partial charge in [0.25, 0.3) is 17.3 Å². The highest BCUT2D eigenvalue weighted by Crippen LogP contribution is 2.42. The third kappa shape index (κ3) is 6.78. The van der Waals surface area contributed by atoms with Crippen molar-refractivity contribution in [3.63, 3.8) is 0 Å². The van der Waals surface area contributed by atoms with Crippen LogP contribution in [-0.4, -0.2) is 60.9 Å². The Hall–Kier alpha value is -5.63. The van der Waals surface area contributed by atoms with Crippen LogP contribution in [0.15, 0.2) is 77.7 Å². The number of nitro benzene ring substituents is 2. The Morgan fingerprint density at radius 1 is 0.961 bits per heavy atom. The molecule has 1 amide bonds. The first kappa shape index (κ1) is 35.2. The zero-order valence-corrected chi connectivity index (χ0v) is 27.7. The average Bonchev–Trinajstić information content (AvgIpc) is 3.67. The monoisotopic (exact) mass is 717 g/mol. The summed E-state index contributed by atoms with van der Waals surface area (Å²) in [6.45, 7) is 0.392. The molecule has 2 bridgehead atoms. The van der Waals surface area contributed by atoms with Crippen LogP contribution in [0.5, 0.6) is 0 Å². The predicted molar refractivity (Wildman–Crippen MR) is 179 cm³/mol. The third-order valence-electron chi connectivity index (χ3n) is 9.30. The van der Waals surface area contributed by atoms with E-state index < -0.39 is 65.8 Å². The third-order valence-corrected chi connectivity index (χ3v) is 10.8. The summed E-state index contributed by atoms with van der Waals surface area (Å²) in [6.07, 6.45) is 1.69. The van der Waals surface area contributed by atoms with E-state index in [-0.39, 0.29) is 29.2 Å². The fourth-order valence-corrected chi connectivity index (χ4v) is 8.34. The summed E-state index contributed by atoms with van der Waals surface area (Å²) in [5, 5.41) is 32.1. The van der Waals surface area contributed by atoms with Gasteiger partial charge in [-0.3, -0.25) is 25.0 Å². The van der Waals surface area contributed by atoms with E-state index in [1.54, 1.807) is 36.3 Å². The molecule has 2 aliphatic rings. The number of amides is 1. The van der Waals surface area contributed by atoms with Crippen LogP contribution in [0.1, 0.15) is 40.7 Å². The lowest BCUT2D eigenvalue weighted by molar-refractivity contribution is -0.396. The molecule has 16 heteroatoms. The number of methoxy groups -OCH3 is 1. The summed E-state index contributed by atoms with van der Waals surface area (Å²) >= 11 is 0. The fourth-order valence-electron chi connectivity index (χ4n) is 6.91. The summed E-state index contributed by atoms with van der Waals surface area (Å²) in [5.41, 5.74) is 0.255. The molecule has 3 atom stereocenters. The molecular weight excluding hydrogens is 688 g/mol. The second-order valence-corrected chi connectivity index (χ2v) is 13.9. The minimum absolute atomic E-state index is 0.169. The van der Waals surface area contributed by atoms with Crippen molar-refractivity contribution >= 4 is 27.3 Å². The number of hydrogen-bond donors (Lipinski definition) is 1. The van der Waals surface area contributed by atoms with E-state index in [1.807, 2.05) is 0 Å². The Morgan fingerprint density at radius 3 is 2.39 bits per heavy atom. The summed E-state index contributed by atoms with van der Waals surface area (Å²) < 4.78 is 64.7. The lowest BCUT2D eigenvalue weighted by Gasteiger charge is -2.25. The number of carbonyl (C=O) groups excluding carboxylic acids is 1. The Kier molecular flexibility index (Phi) is 9.62. The van der Waals surface area contributed by atoms with Gasteiger partial charge in [0.15, 0.2) is 4.90 Å². The molecule has 0 unspecified atom stereocenters. The Bertz CT molecular complexity index is 2240. The molecule has 0 aromatic heterocycles. The van der Waals surface area contributed by atoms with Gasteiger partial charge in [0, 0.05) is 42.4 Å². The minimum atomic E-state index is -4.55. The standard InChI is InChI=1S/C35H29F2N5O8S/c1-50-13-12-20-2-8-27(30(37)14-20)26-9-5-22(15-28(26)21-3-4-23(19-38)29(36)16-21)35(43)40-24-6-10-32(40)31(17-24)39-51(48,49)34-11-7-25(41(44)45)18-33(34)42(46)47/h2-5,7-9,11,14-16,18,24,31-32,39H,6,10,12-13,17H2,1H3/t24-,31+,32+/m0/s1. The molecule has 2 aliphatic heterocycles. The van der Waals surface area contributed by atoms with Crippen molar-refractivity contribution in [1.82, 2.24) is 9.62 Å². The maximum Gasteiger partial charge on any atom is 0.296 e. The van der Waals surface area contributed by atoms with Crippen molar-refractivity contribution in [1.29, 1.82) is 5.26 Å². The van der Waals surface area contributed by atoms with Gasteiger partial charge in [-0.15, -0.1) is 0 Å². The highest BCUT2D eigenvalue weighted by Gasteiger charge is 2.50. The first-order chi connectivity index (χ1) is 24.3. The highest BCUT2D eigenvalue weighted by atomic mass is 32.2. The number of nitriles is 1. The van der Waals surface area contributed by atoms with E-state index in [1.165, 1.54) is 30.3 Å². The van der Waals surface area contributed by atoms with E-state index in [0.29, 0.717) is 54.2 Å². The summed E-state index contributed by atoms with van der Waals surface area (Å²) in [5.74, 6) is -1.80. The molecule has 2 heterocycles. The molecule has 262 valence electrons. The molecule has 1 N–H and O–H groups in total. The van der Waals surface area contributed by atoms with E-state index >= 15 is 4.39 Å². The topological polar surface area (TPSA) is 186 Å². The average molecular weight is 718 g/mol. The number of ether oxygens (including phenoxy) is 1. The first-order valence-corrected chi connectivity index (χ1v) is 17.2. The van der Waals surface area contributed by atoms with Crippen LogP contribution < -0.4 is 4.72 Å². The second kappa shape index (κ2) is 13.9. The van der Waals surface area contributed by atoms with Crippen molar-refractivity contribution in [3.05, 3.63) is 121 Å². The number of halogens is 2. The summed E-state index contributed by atoms with van der Waals surface area (Å²) in [4.78, 5) is 35.9. The number of rotatable bonds is 11. The Morgan fingerprint density at radius 2 is 1.73 bits per heavy atom. The number of fused-ring (bicyclic) bond motifs is 2. The molecule has 0 aliphatic carbocycles. The number of nitrogens with zero attached hydrogens (tertiary/aromatic N) is 4. The Balaban J connectivity index is 1.33. The molecule has 13 nitrogen and oxygen atoms in total. The molecule has 4 aromatic rings. The summed E-state index contributed by atoms with van der Waals surface area (Å²) in [6, 6.07) is 15.4. The van der Waals surface area contributed by atoms with Crippen molar-refractivity contribution < 1.29 is 36.6 Å². The van der Waals surface area contributed by atoms with Gasteiger partial charge in [0.05, 0.1) is 28.1 Å². The van der Waals surface area contributed by atoms with Gasteiger partial charge in [-0.1, -0.05) is 24.3 Å². The normalized spacial score (nSPS) is 18.1. The van der Waals surface area contributed by atoms with Crippen LogP contribution in [0.25, 0.3) is 22.3 Å². The predicted octanol–water partition coefficient (Wildman–Crippen LogP) is 5.90. The number of carbonyl (C=O) groups is 1. The van der Waals surface area contributed by atoms with E-state index in [2.05, 4.69) is 4.72 Å². The van der Waals surface area contributed by atoms with Gasteiger partial charge in [0.1, 0.15) is 17.7 Å². The molecule has 0 radical (unpaired) electrons. The number of benzene rings is 4. The smallest absolute Gasteiger partial charge is 0.296 e. The molecular formula is C35H29F2N5O8S. The number of non-ortho nitro benzene ring substituents is 1. The zero-order valence-electron chi connectivity index (χ0n) is 26.9. The molecule has 2 saturated heterocycles. The van der Waals surface area contributed by atoms with Gasteiger partial charge >= 0.3 is 0 Å². The molecule has 0 saturated carbocycles. The number of hydrogen-bond acceptors (Lipinski definition) is 9. The SMILES string of the molecule is COCCc1ccc(-c2ccc(C(=O)N3[C@H]4CC[C@@H]3[C@H](NS(=O)(=O)c3ccc([N+](=O)[O-])cc3[N+](=O)[O-])C4)cc2-c2ccc(C#N)c(F)c2)c(F)c1. The number of nitrogens with one attached hydrogen (secondary N) is 1. The quantitative estimate of drug-likeness (QED) is 0.146. The second-order valence-electron chi connectivity index (χ2n) is 12.3. The van der Waals surface area contributed by atoms with Crippen molar-refractivity contribution in [2.45, 2.75) is 48.7 Å². The van der Waals surface area contributed by atoms with E-state index in [4.69, 9.17) is 4.74 Å². The Labute approximate surface area is 290 Å². The number of sulfonamides is 1. The van der Waals surface area contributed by atoms with Crippen LogP contribution in [0.4, 0.5) is 20.2 Å².